The third-order valence-corrected chi connectivity index (χ3v) is 6.06. The molecule has 1 aliphatic carbocycles. The fourth-order valence-electron chi connectivity index (χ4n) is 3.57. The largest absolute Gasteiger partial charge is 0.478 e. The average molecular weight is 350 g/mol. The molecule has 0 aromatic carbocycles. The van der Waals surface area contributed by atoms with Crippen LogP contribution in [0.25, 0.3) is 0 Å². The third kappa shape index (κ3) is 3.31. The van der Waals surface area contributed by atoms with Crippen molar-refractivity contribution >= 4 is 34.1 Å². The van der Waals surface area contributed by atoms with Gasteiger partial charge in [0.1, 0.15) is 5.00 Å². The summed E-state index contributed by atoms with van der Waals surface area (Å²) in [5, 5.41) is 12.9. The van der Waals surface area contributed by atoms with Crippen LogP contribution in [-0.4, -0.2) is 34.3 Å². The van der Waals surface area contributed by atoms with Crippen molar-refractivity contribution in [3.63, 3.8) is 0 Å². The highest BCUT2D eigenvalue weighted by Gasteiger charge is 2.30. The molecular formula is C17H22N2O4S. The lowest BCUT2D eigenvalue weighted by Gasteiger charge is -2.25. The van der Waals surface area contributed by atoms with Gasteiger partial charge in [-0.05, 0) is 24.8 Å². The van der Waals surface area contributed by atoms with Crippen LogP contribution < -0.4 is 5.32 Å². The summed E-state index contributed by atoms with van der Waals surface area (Å²) >= 11 is 1.30. The highest BCUT2D eigenvalue weighted by Crippen LogP contribution is 2.38. The van der Waals surface area contributed by atoms with Crippen LogP contribution >= 0.6 is 11.3 Å². The Morgan fingerprint density at radius 2 is 1.92 bits per heavy atom. The predicted octanol–water partition coefficient (Wildman–Crippen LogP) is 2.87. The summed E-state index contributed by atoms with van der Waals surface area (Å²) in [6, 6.07) is 0. The Morgan fingerprint density at radius 3 is 2.54 bits per heavy atom. The number of hydrogen-bond acceptors (Lipinski definition) is 4. The second kappa shape index (κ2) is 6.93. The Kier molecular flexibility index (Phi) is 4.89. The van der Waals surface area contributed by atoms with Crippen LogP contribution in [-0.2, 0) is 22.6 Å². The SMILES string of the molecule is CC(=O)N1CCc2c(sc(NC(=O)C3CCCCC3)c2C(=O)O)C1. The van der Waals surface area contributed by atoms with E-state index in [1.54, 1.807) is 4.90 Å². The summed E-state index contributed by atoms with van der Waals surface area (Å²) in [5.41, 5.74) is 0.978. The summed E-state index contributed by atoms with van der Waals surface area (Å²) in [6.45, 7) is 2.47. The topological polar surface area (TPSA) is 86.7 Å². The van der Waals surface area contributed by atoms with Gasteiger partial charge in [0.05, 0.1) is 12.1 Å². The summed E-state index contributed by atoms with van der Waals surface area (Å²) in [7, 11) is 0. The molecule has 0 saturated heterocycles. The Morgan fingerprint density at radius 1 is 1.21 bits per heavy atom. The van der Waals surface area contributed by atoms with Gasteiger partial charge in [-0.25, -0.2) is 4.79 Å². The standard InChI is InChI=1S/C17H22N2O4S/c1-10(20)19-8-7-12-13(9-19)24-16(14(12)17(22)23)18-15(21)11-5-3-2-4-6-11/h11H,2-9H2,1H3,(H,18,21)(H,22,23). The second-order valence-electron chi connectivity index (χ2n) is 6.53. The Balaban J connectivity index is 1.84. The number of rotatable bonds is 3. The molecule has 1 saturated carbocycles. The zero-order valence-corrected chi connectivity index (χ0v) is 14.6. The number of nitrogens with one attached hydrogen (secondary N) is 1. The number of nitrogens with zero attached hydrogens (tertiary/aromatic N) is 1. The minimum Gasteiger partial charge on any atom is -0.478 e. The predicted molar refractivity (Wildman–Crippen MR) is 91.3 cm³/mol. The summed E-state index contributed by atoms with van der Waals surface area (Å²) in [5.74, 6) is -1.12. The first-order valence-corrected chi connectivity index (χ1v) is 9.23. The number of carbonyl (C=O) groups excluding carboxylic acids is 2. The molecule has 1 aliphatic heterocycles. The molecule has 0 atom stereocenters. The van der Waals surface area contributed by atoms with E-state index in [2.05, 4.69) is 5.32 Å². The van der Waals surface area contributed by atoms with Gasteiger partial charge < -0.3 is 15.3 Å². The van der Waals surface area contributed by atoms with Crippen LogP contribution in [0.2, 0.25) is 0 Å². The summed E-state index contributed by atoms with van der Waals surface area (Å²) in [4.78, 5) is 38.3. The van der Waals surface area contributed by atoms with Gasteiger partial charge in [-0.15, -0.1) is 11.3 Å². The molecule has 0 radical (unpaired) electrons. The number of aromatic carboxylic acids is 1. The highest BCUT2D eigenvalue weighted by atomic mass is 32.1. The first-order valence-electron chi connectivity index (χ1n) is 8.41. The molecule has 130 valence electrons. The molecule has 0 unspecified atom stereocenters. The highest BCUT2D eigenvalue weighted by molar-refractivity contribution is 7.17. The number of carboxylic acid groups (broad SMARTS) is 1. The molecule has 2 N–H and O–H groups in total. The maximum atomic E-state index is 12.5. The Labute approximate surface area is 144 Å². The fraction of sp³-hybridized carbons (Fsp3) is 0.588. The van der Waals surface area contributed by atoms with Crippen LogP contribution in [0.5, 0.6) is 0 Å². The van der Waals surface area contributed by atoms with Crippen molar-refractivity contribution in [3.8, 4) is 0 Å². The Bertz CT molecular complexity index is 676. The molecule has 0 spiro atoms. The number of hydrogen-bond donors (Lipinski definition) is 2. The molecule has 24 heavy (non-hydrogen) atoms. The maximum Gasteiger partial charge on any atom is 0.339 e. The lowest BCUT2D eigenvalue weighted by Crippen LogP contribution is -2.33. The molecule has 1 aromatic heterocycles. The number of amides is 2. The van der Waals surface area contributed by atoms with Crippen LogP contribution in [0.4, 0.5) is 5.00 Å². The third-order valence-electron chi connectivity index (χ3n) is 4.93. The minimum atomic E-state index is -1.01. The Hall–Kier alpha value is -1.89. The maximum absolute atomic E-state index is 12.5. The first-order chi connectivity index (χ1) is 11.5. The summed E-state index contributed by atoms with van der Waals surface area (Å²) in [6.07, 6.45) is 5.54. The van der Waals surface area contributed by atoms with E-state index in [1.807, 2.05) is 0 Å². The van der Waals surface area contributed by atoms with Crippen molar-refractivity contribution < 1.29 is 19.5 Å². The number of carbonyl (C=O) groups is 3. The molecular weight excluding hydrogens is 328 g/mol. The van der Waals surface area contributed by atoms with Gasteiger partial charge in [-0.2, -0.15) is 0 Å². The van der Waals surface area contributed by atoms with E-state index in [0.29, 0.717) is 24.5 Å². The second-order valence-corrected chi connectivity index (χ2v) is 7.63. The summed E-state index contributed by atoms with van der Waals surface area (Å²) < 4.78 is 0. The number of thiophene rings is 1. The van der Waals surface area contributed by atoms with Gasteiger partial charge in [0.15, 0.2) is 0 Å². The molecule has 7 heteroatoms. The first kappa shape index (κ1) is 17.0. The average Bonchev–Trinajstić information content (AvgIpc) is 2.92. The van der Waals surface area contributed by atoms with E-state index >= 15 is 0 Å². The smallest absolute Gasteiger partial charge is 0.339 e. The number of anilines is 1. The van der Waals surface area contributed by atoms with Crippen LogP contribution in [0.3, 0.4) is 0 Å². The van der Waals surface area contributed by atoms with Gasteiger partial charge >= 0.3 is 5.97 Å². The van der Waals surface area contributed by atoms with Crippen molar-refractivity contribution in [1.82, 2.24) is 4.90 Å². The van der Waals surface area contributed by atoms with Crippen molar-refractivity contribution in [3.05, 3.63) is 16.0 Å². The number of fused-ring (bicyclic) bond motifs is 1. The number of carboxylic acids is 1. The van der Waals surface area contributed by atoms with Crippen molar-refractivity contribution in [2.24, 2.45) is 5.92 Å². The van der Waals surface area contributed by atoms with E-state index in [9.17, 15) is 19.5 Å². The quantitative estimate of drug-likeness (QED) is 0.877. The zero-order chi connectivity index (χ0) is 17.3. The van der Waals surface area contributed by atoms with Gasteiger partial charge in [0.2, 0.25) is 11.8 Å². The van der Waals surface area contributed by atoms with Crippen molar-refractivity contribution in [1.29, 1.82) is 0 Å². The molecule has 2 heterocycles. The van der Waals surface area contributed by atoms with Crippen LogP contribution in [0.1, 0.15) is 59.8 Å². The van der Waals surface area contributed by atoms with Crippen LogP contribution in [0, 0.1) is 5.92 Å². The minimum absolute atomic E-state index is 0.0151. The van der Waals surface area contributed by atoms with E-state index in [1.165, 1.54) is 24.7 Å². The molecule has 1 fully saturated rings. The monoisotopic (exact) mass is 350 g/mol. The van der Waals surface area contributed by atoms with E-state index in [4.69, 9.17) is 0 Å². The molecule has 0 bridgehead atoms. The molecule has 3 rings (SSSR count). The molecule has 2 amide bonds. The lowest BCUT2D eigenvalue weighted by molar-refractivity contribution is -0.129. The van der Waals surface area contributed by atoms with Gasteiger partial charge in [-0.1, -0.05) is 19.3 Å². The molecule has 1 aromatic rings. The van der Waals surface area contributed by atoms with Gasteiger partial charge in [0, 0.05) is 24.3 Å². The van der Waals surface area contributed by atoms with E-state index in [0.717, 1.165) is 36.1 Å². The van der Waals surface area contributed by atoms with E-state index < -0.39 is 5.97 Å². The molecule has 6 nitrogen and oxygen atoms in total. The van der Waals surface area contributed by atoms with E-state index in [-0.39, 0.29) is 23.3 Å². The van der Waals surface area contributed by atoms with Crippen LogP contribution in [0.15, 0.2) is 0 Å². The lowest BCUT2D eigenvalue weighted by atomic mass is 9.88. The zero-order valence-electron chi connectivity index (χ0n) is 13.8. The van der Waals surface area contributed by atoms with Gasteiger partial charge in [0.25, 0.3) is 0 Å². The normalized spacial score (nSPS) is 18.1. The molecule has 2 aliphatic rings. The van der Waals surface area contributed by atoms with Crippen molar-refractivity contribution in [2.75, 3.05) is 11.9 Å². The fourth-order valence-corrected chi connectivity index (χ4v) is 4.82. The van der Waals surface area contributed by atoms with Gasteiger partial charge in [-0.3, -0.25) is 9.59 Å². The van der Waals surface area contributed by atoms with Crippen molar-refractivity contribution in [2.45, 2.75) is 52.0 Å².